The number of aliphatic carboxylic acids is 5. The molecule has 5 N–H and O–H groups in total. The standard InChI is InChI=1S/C16H22O11.5C2H4O2/c1-7(17)22-6-12-13(23-8(2)18)14(24-9(3)19)15(25-10(4)20)16(27-12)26-11(5)21;5*1-2(3)4/h12-16H,6H2,1-5H3;5*1H3,(H,3,4)/t12-,13-,14+,15-,16+;;;;;/m1...../s1. The summed E-state index contributed by atoms with van der Waals surface area (Å²) in [5.41, 5.74) is 0. The van der Waals surface area contributed by atoms with Gasteiger partial charge in [0.15, 0.2) is 12.2 Å². The number of carbonyl (C=O) groups is 10. The van der Waals surface area contributed by atoms with Crippen molar-refractivity contribution in [2.45, 2.75) is 99.9 Å². The van der Waals surface area contributed by atoms with Crippen LogP contribution < -0.4 is 0 Å². The lowest BCUT2D eigenvalue weighted by atomic mass is 9.98. The first-order chi connectivity index (χ1) is 21.2. The van der Waals surface area contributed by atoms with E-state index < -0.39 is 97.0 Å². The number of carboxylic acid groups (broad SMARTS) is 5. The van der Waals surface area contributed by atoms with Crippen molar-refractivity contribution >= 4 is 59.7 Å². The third-order valence-electron chi connectivity index (χ3n) is 3.23. The molecule has 1 aliphatic heterocycles. The number of rotatable bonds is 6. The molecule has 0 unspecified atom stereocenters. The third kappa shape index (κ3) is 47.8. The van der Waals surface area contributed by atoms with Gasteiger partial charge in [-0.3, -0.25) is 47.9 Å². The van der Waals surface area contributed by atoms with Gasteiger partial charge < -0.3 is 54.0 Å². The fraction of sp³-hybridized carbons (Fsp3) is 0.615. The minimum Gasteiger partial charge on any atom is -0.481 e. The van der Waals surface area contributed by atoms with Gasteiger partial charge in [-0.15, -0.1) is 0 Å². The average Bonchev–Trinajstić information content (AvgIpc) is 2.78. The quantitative estimate of drug-likeness (QED) is 0.182. The van der Waals surface area contributed by atoms with Gasteiger partial charge in [-0.2, -0.15) is 0 Å². The molecule has 0 radical (unpaired) electrons. The predicted molar refractivity (Wildman–Crippen MR) is 150 cm³/mol. The van der Waals surface area contributed by atoms with Crippen molar-refractivity contribution in [1.29, 1.82) is 0 Å². The Morgan fingerprint density at radius 1 is 0.426 bits per heavy atom. The molecule has 1 fully saturated rings. The normalized spacial score (nSPS) is 18.2. The number of carbonyl (C=O) groups excluding carboxylic acids is 5. The summed E-state index contributed by atoms with van der Waals surface area (Å²) in [5, 5.41) is 37.1. The first-order valence-corrected chi connectivity index (χ1v) is 12.6. The molecule has 0 amide bonds. The minimum absolute atomic E-state index is 0.393. The minimum atomic E-state index is -1.48. The van der Waals surface area contributed by atoms with E-state index in [-0.39, 0.29) is 0 Å². The molecule has 1 aliphatic rings. The average molecular weight is 691 g/mol. The van der Waals surface area contributed by atoms with Crippen LogP contribution in [0.25, 0.3) is 0 Å². The first kappa shape index (κ1) is 51.2. The summed E-state index contributed by atoms with van der Waals surface area (Å²) >= 11 is 0. The molecule has 0 saturated carbocycles. The SMILES string of the molecule is CC(=O)O.CC(=O)O.CC(=O)O.CC(=O)O.CC(=O)O.CC(=O)OC[C@H]1O[C@H](OC(C)=O)[C@H](OC(C)=O)[C@@H](OC(C)=O)[C@@H]1OC(C)=O. The van der Waals surface area contributed by atoms with E-state index in [2.05, 4.69) is 0 Å². The van der Waals surface area contributed by atoms with Gasteiger partial charge in [0.2, 0.25) is 12.4 Å². The Kier molecular flexibility index (Phi) is 32.0. The first-order valence-electron chi connectivity index (χ1n) is 12.6. The molecular formula is C26H42O21. The molecule has 0 aromatic carbocycles. The molecule has 0 aromatic heterocycles. The van der Waals surface area contributed by atoms with Crippen LogP contribution in [0.3, 0.4) is 0 Å². The van der Waals surface area contributed by atoms with Crippen LogP contribution in [0.1, 0.15) is 69.2 Å². The van der Waals surface area contributed by atoms with Crippen molar-refractivity contribution in [2.24, 2.45) is 0 Å². The second kappa shape index (κ2) is 29.4. The summed E-state index contributed by atoms with van der Waals surface area (Å²) in [5.74, 6) is -7.88. The van der Waals surface area contributed by atoms with Crippen LogP contribution in [-0.4, -0.2) is 123 Å². The maximum atomic E-state index is 11.5. The fourth-order valence-electron chi connectivity index (χ4n) is 2.45. The highest BCUT2D eigenvalue weighted by Gasteiger charge is 2.53. The number of ether oxygens (including phenoxy) is 6. The molecule has 272 valence electrons. The molecule has 0 bridgehead atoms. The van der Waals surface area contributed by atoms with Gasteiger partial charge in [0.25, 0.3) is 29.8 Å². The van der Waals surface area contributed by atoms with Crippen LogP contribution in [-0.2, 0) is 76.4 Å². The van der Waals surface area contributed by atoms with Crippen LogP contribution >= 0.6 is 0 Å². The molecule has 1 heterocycles. The second-order valence-electron chi connectivity index (χ2n) is 8.27. The smallest absolute Gasteiger partial charge is 0.305 e. The van der Waals surface area contributed by atoms with E-state index in [4.69, 9.17) is 77.9 Å². The molecule has 0 aromatic rings. The summed E-state index contributed by atoms with van der Waals surface area (Å²) in [6.45, 7) is 10.5. The van der Waals surface area contributed by atoms with Crippen molar-refractivity contribution in [1.82, 2.24) is 0 Å². The predicted octanol–water partition coefficient (Wildman–Crippen LogP) is 0.0871. The van der Waals surface area contributed by atoms with Crippen LogP contribution in [0.15, 0.2) is 0 Å². The zero-order valence-corrected chi connectivity index (χ0v) is 27.4. The van der Waals surface area contributed by atoms with Gasteiger partial charge >= 0.3 is 29.8 Å². The monoisotopic (exact) mass is 690 g/mol. The van der Waals surface area contributed by atoms with Gasteiger partial charge in [0, 0.05) is 69.2 Å². The van der Waals surface area contributed by atoms with Crippen LogP contribution in [0.4, 0.5) is 0 Å². The van der Waals surface area contributed by atoms with E-state index in [1.165, 1.54) is 0 Å². The summed E-state index contributed by atoms with van der Waals surface area (Å²) in [7, 11) is 0. The van der Waals surface area contributed by atoms with Crippen LogP contribution in [0, 0.1) is 0 Å². The summed E-state index contributed by atoms with van der Waals surface area (Å²) in [4.78, 5) is 102. The Balaban J connectivity index is -0.000000238. The summed E-state index contributed by atoms with van der Waals surface area (Å²) in [6.07, 6.45) is -6.70. The molecule has 21 nitrogen and oxygen atoms in total. The Morgan fingerprint density at radius 3 is 0.936 bits per heavy atom. The Morgan fingerprint density at radius 2 is 0.681 bits per heavy atom. The zero-order valence-electron chi connectivity index (χ0n) is 27.4. The maximum absolute atomic E-state index is 11.5. The van der Waals surface area contributed by atoms with E-state index >= 15 is 0 Å². The molecule has 1 rings (SSSR count). The van der Waals surface area contributed by atoms with Gasteiger partial charge in [0.1, 0.15) is 12.7 Å². The van der Waals surface area contributed by atoms with Gasteiger partial charge in [0.05, 0.1) is 0 Å². The van der Waals surface area contributed by atoms with Crippen molar-refractivity contribution in [3.05, 3.63) is 0 Å². The van der Waals surface area contributed by atoms with Crippen molar-refractivity contribution in [2.75, 3.05) is 6.61 Å². The second-order valence-corrected chi connectivity index (χ2v) is 8.27. The van der Waals surface area contributed by atoms with Crippen molar-refractivity contribution in [3.63, 3.8) is 0 Å². The van der Waals surface area contributed by atoms with E-state index in [1.807, 2.05) is 0 Å². The van der Waals surface area contributed by atoms with E-state index in [1.54, 1.807) is 0 Å². The lowest BCUT2D eigenvalue weighted by molar-refractivity contribution is -0.300. The van der Waals surface area contributed by atoms with Gasteiger partial charge in [-0.05, 0) is 0 Å². The zero-order chi connectivity index (χ0) is 38.6. The van der Waals surface area contributed by atoms with E-state index in [0.717, 1.165) is 69.2 Å². The lowest BCUT2D eigenvalue weighted by Gasteiger charge is -2.43. The number of hydrogen-bond acceptors (Lipinski definition) is 16. The van der Waals surface area contributed by atoms with Crippen molar-refractivity contribution in [3.8, 4) is 0 Å². The summed E-state index contributed by atoms with van der Waals surface area (Å²) in [6, 6.07) is 0. The number of hydrogen-bond donors (Lipinski definition) is 5. The van der Waals surface area contributed by atoms with Crippen LogP contribution in [0.5, 0.6) is 0 Å². The Labute approximate surface area is 268 Å². The number of esters is 5. The fourth-order valence-corrected chi connectivity index (χ4v) is 2.45. The Bertz CT molecular complexity index is 960. The molecule has 0 aliphatic carbocycles. The maximum Gasteiger partial charge on any atom is 0.305 e. The highest BCUT2D eigenvalue weighted by atomic mass is 16.7. The largest absolute Gasteiger partial charge is 0.481 e. The third-order valence-corrected chi connectivity index (χ3v) is 3.23. The topological polar surface area (TPSA) is 327 Å². The highest BCUT2D eigenvalue weighted by Crippen LogP contribution is 2.30. The molecular weight excluding hydrogens is 648 g/mol. The van der Waals surface area contributed by atoms with E-state index in [9.17, 15) is 24.0 Å². The van der Waals surface area contributed by atoms with Gasteiger partial charge in [-0.25, -0.2) is 0 Å². The van der Waals surface area contributed by atoms with Crippen molar-refractivity contribution < 1.29 is 102 Å². The summed E-state index contributed by atoms with van der Waals surface area (Å²) < 4.78 is 30.8. The molecule has 21 heteroatoms. The molecule has 0 spiro atoms. The van der Waals surface area contributed by atoms with Gasteiger partial charge in [-0.1, -0.05) is 0 Å². The molecule has 1 saturated heterocycles. The Hall–Kier alpha value is -5.34. The highest BCUT2D eigenvalue weighted by molar-refractivity contribution is 5.69. The number of carboxylic acids is 5. The van der Waals surface area contributed by atoms with E-state index in [0.29, 0.717) is 0 Å². The lowest BCUT2D eigenvalue weighted by Crippen LogP contribution is -2.63. The van der Waals surface area contributed by atoms with Crippen LogP contribution in [0.2, 0.25) is 0 Å². The molecule has 47 heavy (non-hydrogen) atoms. The molecule has 5 atom stereocenters.